The number of alkyl halides is 3. The molecule has 4 nitrogen and oxygen atoms in total. The molecule has 0 fully saturated rings. The lowest BCUT2D eigenvalue weighted by molar-refractivity contribution is -0.135. The summed E-state index contributed by atoms with van der Waals surface area (Å²) in [6.07, 6.45) is -5.29. The van der Waals surface area contributed by atoms with E-state index >= 15 is 0 Å². The van der Waals surface area contributed by atoms with Crippen molar-refractivity contribution in [3.8, 4) is 6.07 Å². The topological polar surface area (TPSA) is 70.0 Å². The lowest BCUT2D eigenvalue weighted by atomic mass is 10.2. The average molecular weight is 341 g/mol. The summed E-state index contributed by atoms with van der Waals surface area (Å²) in [6.45, 7) is -0.116. The molecule has 0 spiro atoms. The van der Waals surface area contributed by atoms with E-state index in [1.807, 2.05) is 6.07 Å². The second-order valence-corrected chi connectivity index (χ2v) is 6.37. The maximum Gasteiger partial charge on any atom is 0.389 e. The van der Waals surface area contributed by atoms with Crippen LogP contribution in [-0.2, 0) is 10.0 Å². The molecular formula is C12H12ClF3N2O2S. The summed E-state index contributed by atoms with van der Waals surface area (Å²) in [5, 5.41) is 8.54. The first kappa shape index (κ1) is 17.8. The lowest BCUT2D eigenvalue weighted by Crippen LogP contribution is -2.25. The van der Waals surface area contributed by atoms with Crippen LogP contribution >= 0.6 is 11.6 Å². The summed E-state index contributed by atoms with van der Waals surface area (Å²) >= 11 is 5.77. The number of benzene rings is 1. The van der Waals surface area contributed by atoms with Gasteiger partial charge in [-0.05, 0) is 31.0 Å². The molecule has 116 valence electrons. The van der Waals surface area contributed by atoms with Gasteiger partial charge in [-0.15, -0.1) is 0 Å². The first-order valence-electron chi connectivity index (χ1n) is 5.92. The van der Waals surface area contributed by atoms with Crippen LogP contribution in [0.5, 0.6) is 0 Å². The van der Waals surface area contributed by atoms with Crippen LogP contribution in [0.2, 0.25) is 5.02 Å². The molecule has 1 N–H and O–H groups in total. The van der Waals surface area contributed by atoms with Crippen LogP contribution in [-0.4, -0.2) is 21.1 Å². The third-order valence-corrected chi connectivity index (χ3v) is 4.47. The van der Waals surface area contributed by atoms with Crippen LogP contribution in [0, 0.1) is 11.3 Å². The van der Waals surface area contributed by atoms with Crippen molar-refractivity contribution in [3.63, 3.8) is 0 Å². The zero-order valence-electron chi connectivity index (χ0n) is 10.7. The quantitative estimate of drug-likeness (QED) is 0.808. The van der Waals surface area contributed by atoms with E-state index in [0.29, 0.717) is 0 Å². The molecule has 0 saturated heterocycles. The number of halogens is 4. The Morgan fingerprint density at radius 1 is 1.29 bits per heavy atom. The predicted molar refractivity (Wildman–Crippen MR) is 71.3 cm³/mol. The van der Waals surface area contributed by atoms with Gasteiger partial charge in [0.05, 0.1) is 16.7 Å². The normalized spacial score (nSPS) is 12.1. The Kier molecular flexibility index (Phi) is 6.01. The van der Waals surface area contributed by atoms with Gasteiger partial charge in [-0.3, -0.25) is 0 Å². The van der Waals surface area contributed by atoms with Crippen molar-refractivity contribution in [2.75, 3.05) is 6.54 Å². The van der Waals surface area contributed by atoms with Gasteiger partial charge in [0.1, 0.15) is 4.90 Å². The molecule has 0 aliphatic carbocycles. The highest BCUT2D eigenvalue weighted by Crippen LogP contribution is 2.23. The lowest BCUT2D eigenvalue weighted by Gasteiger charge is -2.09. The van der Waals surface area contributed by atoms with Crippen molar-refractivity contribution in [2.24, 2.45) is 0 Å². The Morgan fingerprint density at radius 3 is 2.48 bits per heavy atom. The minimum Gasteiger partial charge on any atom is -0.211 e. The van der Waals surface area contributed by atoms with Gasteiger partial charge in [-0.2, -0.15) is 18.4 Å². The van der Waals surface area contributed by atoms with E-state index in [2.05, 4.69) is 4.72 Å². The number of nitrogens with one attached hydrogen (secondary N) is 1. The summed E-state index contributed by atoms with van der Waals surface area (Å²) in [7, 11) is -3.90. The summed E-state index contributed by atoms with van der Waals surface area (Å²) in [6, 6.07) is 5.50. The highest BCUT2D eigenvalue weighted by atomic mass is 35.5. The van der Waals surface area contributed by atoms with Crippen LogP contribution in [0.15, 0.2) is 23.1 Å². The van der Waals surface area contributed by atoms with Crippen LogP contribution in [0.25, 0.3) is 0 Å². The Hall–Kier alpha value is -1.30. The van der Waals surface area contributed by atoms with Crippen molar-refractivity contribution in [1.82, 2.24) is 4.72 Å². The smallest absolute Gasteiger partial charge is 0.211 e. The first-order chi connectivity index (χ1) is 9.65. The number of nitrogens with zero attached hydrogens (tertiary/aromatic N) is 1. The minimum atomic E-state index is -4.24. The maximum atomic E-state index is 11.9. The molecule has 0 aromatic heterocycles. The van der Waals surface area contributed by atoms with Gasteiger partial charge >= 0.3 is 6.18 Å². The maximum absolute atomic E-state index is 11.9. The summed E-state index contributed by atoms with van der Waals surface area (Å²) in [5.74, 6) is 0. The van der Waals surface area contributed by atoms with Crippen LogP contribution < -0.4 is 4.72 Å². The van der Waals surface area contributed by atoms with E-state index in [1.165, 1.54) is 18.2 Å². The molecule has 9 heteroatoms. The molecule has 1 rings (SSSR count). The van der Waals surface area contributed by atoms with Crippen LogP contribution in [0.1, 0.15) is 24.8 Å². The summed E-state index contributed by atoms with van der Waals surface area (Å²) in [5.41, 5.74) is 0.212. The van der Waals surface area contributed by atoms with Gasteiger partial charge in [-0.25, -0.2) is 13.1 Å². The molecule has 0 bridgehead atoms. The van der Waals surface area contributed by atoms with E-state index in [-0.39, 0.29) is 34.9 Å². The number of sulfonamides is 1. The molecule has 1 aromatic carbocycles. The van der Waals surface area contributed by atoms with E-state index in [1.54, 1.807) is 0 Å². The first-order valence-corrected chi connectivity index (χ1v) is 7.78. The van der Waals surface area contributed by atoms with Gasteiger partial charge in [0.2, 0.25) is 10.0 Å². The molecule has 0 heterocycles. The summed E-state index contributed by atoms with van der Waals surface area (Å²) < 4.78 is 61.8. The Labute approximate surface area is 125 Å². The molecule has 0 aliphatic rings. The van der Waals surface area contributed by atoms with E-state index in [0.717, 1.165) is 0 Å². The van der Waals surface area contributed by atoms with Crippen molar-refractivity contribution in [1.29, 1.82) is 5.26 Å². The van der Waals surface area contributed by atoms with Gasteiger partial charge in [-0.1, -0.05) is 11.6 Å². The van der Waals surface area contributed by atoms with E-state index < -0.39 is 22.6 Å². The largest absolute Gasteiger partial charge is 0.389 e. The van der Waals surface area contributed by atoms with Gasteiger partial charge in [0, 0.05) is 13.0 Å². The fourth-order valence-electron chi connectivity index (χ4n) is 1.52. The van der Waals surface area contributed by atoms with Crippen molar-refractivity contribution in [2.45, 2.75) is 30.3 Å². The molecular weight excluding hydrogens is 329 g/mol. The number of rotatable bonds is 6. The highest BCUT2D eigenvalue weighted by molar-refractivity contribution is 7.89. The zero-order chi connectivity index (χ0) is 16.1. The molecule has 0 amide bonds. The molecule has 0 unspecified atom stereocenters. The van der Waals surface area contributed by atoms with Gasteiger partial charge < -0.3 is 0 Å². The zero-order valence-corrected chi connectivity index (χ0v) is 12.3. The molecule has 1 aromatic rings. The second-order valence-electron chi connectivity index (χ2n) is 4.23. The highest BCUT2D eigenvalue weighted by Gasteiger charge is 2.26. The number of nitriles is 1. The Bertz CT molecular complexity index is 639. The molecule has 0 aliphatic heterocycles. The van der Waals surface area contributed by atoms with Crippen molar-refractivity contribution in [3.05, 3.63) is 28.8 Å². The Morgan fingerprint density at radius 2 is 1.95 bits per heavy atom. The van der Waals surface area contributed by atoms with E-state index in [9.17, 15) is 21.6 Å². The van der Waals surface area contributed by atoms with Gasteiger partial charge in [0.25, 0.3) is 0 Å². The fraction of sp³-hybridized carbons (Fsp3) is 0.417. The van der Waals surface area contributed by atoms with E-state index in [4.69, 9.17) is 16.9 Å². The predicted octanol–water partition coefficient (Wildman–Crippen LogP) is 3.22. The number of hydrogen-bond donors (Lipinski definition) is 1. The van der Waals surface area contributed by atoms with Gasteiger partial charge in [0.15, 0.2) is 0 Å². The molecule has 0 atom stereocenters. The Balaban J connectivity index is 2.61. The third-order valence-electron chi connectivity index (χ3n) is 2.53. The fourth-order valence-corrected chi connectivity index (χ4v) is 3.14. The molecule has 0 saturated carbocycles. The minimum absolute atomic E-state index is 0.0621. The van der Waals surface area contributed by atoms with Crippen LogP contribution in [0.4, 0.5) is 13.2 Å². The monoisotopic (exact) mass is 340 g/mol. The average Bonchev–Trinajstić information content (AvgIpc) is 2.36. The molecule has 0 radical (unpaired) electrons. The molecule has 21 heavy (non-hydrogen) atoms. The SMILES string of the molecule is N#Cc1ccc(S(=O)(=O)NCCCCC(F)(F)F)c(Cl)c1. The third kappa shape index (κ3) is 5.91. The summed E-state index contributed by atoms with van der Waals surface area (Å²) in [4.78, 5) is -0.209. The standard InChI is InChI=1S/C12H12ClF3N2O2S/c13-10-7-9(8-17)3-4-11(10)21(19,20)18-6-2-1-5-12(14,15)16/h3-4,7,18H,1-2,5-6H2. The number of hydrogen-bond acceptors (Lipinski definition) is 3. The van der Waals surface area contributed by atoms with Crippen molar-refractivity contribution < 1.29 is 21.6 Å². The second kappa shape index (κ2) is 7.11. The van der Waals surface area contributed by atoms with Crippen molar-refractivity contribution >= 4 is 21.6 Å². The van der Waals surface area contributed by atoms with Crippen LogP contribution in [0.3, 0.4) is 0 Å². The number of unbranched alkanes of at least 4 members (excludes halogenated alkanes) is 1.